The molecule has 0 radical (unpaired) electrons. The van der Waals surface area contributed by atoms with Gasteiger partial charge in [0, 0.05) is 6.20 Å². The van der Waals surface area contributed by atoms with Gasteiger partial charge in [0.05, 0.1) is 18.5 Å². The molecule has 0 spiro atoms. The van der Waals surface area contributed by atoms with E-state index in [1.807, 2.05) is 0 Å². The van der Waals surface area contributed by atoms with Crippen molar-refractivity contribution in [2.24, 2.45) is 0 Å². The summed E-state index contributed by atoms with van der Waals surface area (Å²) in [5.74, 6) is -1.46. The molecule has 0 saturated carbocycles. The maximum absolute atomic E-state index is 11.6. The van der Waals surface area contributed by atoms with Gasteiger partial charge in [-0.3, -0.25) is 14.7 Å². The third-order valence-corrected chi connectivity index (χ3v) is 2.29. The minimum absolute atomic E-state index is 0.00400. The zero-order chi connectivity index (χ0) is 11.5. The number of amides is 1. The van der Waals surface area contributed by atoms with Crippen molar-refractivity contribution in [3.05, 3.63) is 24.5 Å². The van der Waals surface area contributed by atoms with Crippen LogP contribution < -0.4 is 4.90 Å². The Morgan fingerprint density at radius 3 is 3.06 bits per heavy atom. The second-order valence-electron chi connectivity index (χ2n) is 3.34. The molecule has 1 aromatic rings. The summed E-state index contributed by atoms with van der Waals surface area (Å²) >= 11 is 0. The van der Waals surface area contributed by atoms with Gasteiger partial charge in [-0.1, -0.05) is 0 Å². The van der Waals surface area contributed by atoms with E-state index in [0.29, 0.717) is 5.69 Å². The number of carboxylic acids is 1. The summed E-state index contributed by atoms with van der Waals surface area (Å²) in [7, 11) is 0. The van der Waals surface area contributed by atoms with Gasteiger partial charge >= 0.3 is 5.97 Å². The molecule has 16 heavy (non-hydrogen) atoms. The van der Waals surface area contributed by atoms with E-state index in [4.69, 9.17) is 9.84 Å². The van der Waals surface area contributed by atoms with E-state index in [2.05, 4.69) is 4.98 Å². The maximum Gasteiger partial charge on any atom is 0.329 e. The highest BCUT2D eigenvalue weighted by Crippen LogP contribution is 2.19. The zero-order valence-electron chi connectivity index (χ0n) is 8.37. The van der Waals surface area contributed by atoms with Crippen LogP contribution >= 0.6 is 0 Å². The number of ether oxygens (including phenoxy) is 1. The molecule has 1 amide bonds. The zero-order valence-corrected chi connectivity index (χ0v) is 8.37. The molecule has 84 valence electrons. The van der Waals surface area contributed by atoms with Crippen LogP contribution in [0.3, 0.4) is 0 Å². The van der Waals surface area contributed by atoms with Gasteiger partial charge in [0.1, 0.15) is 6.61 Å². The predicted octanol–water partition coefficient (Wildman–Crippen LogP) is -0.102. The Kier molecular flexibility index (Phi) is 2.82. The van der Waals surface area contributed by atoms with E-state index in [1.54, 1.807) is 18.3 Å². The third-order valence-electron chi connectivity index (χ3n) is 2.29. The van der Waals surface area contributed by atoms with Gasteiger partial charge in [0.25, 0.3) is 5.91 Å². The van der Waals surface area contributed by atoms with E-state index in [0.717, 1.165) is 0 Å². The molecule has 1 saturated heterocycles. The Morgan fingerprint density at radius 1 is 1.62 bits per heavy atom. The molecule has 1 unspecified atom stereocenters. The highest BCUT2D eigenvalue weighted by molar-refractivity contribution is 6.00. The van der Waals surface area contributed by atoms with Crippen LogP contribution in [-0.2, 0) is 14.3 Å². The van der Waals surface area contributed by atoms with Gasteiger partial charge in [-0.25, -0.2) is 4.79 Å². The molecule has 2 heterocycles. The molecule has 1 N–H and O–H groups in total. The first-order valence-corrected chi connectivity index (χ1v) is 4.73. The lowest BCUT2D eigenvalue weighted by atomic mass is 10.2. The predicted molar refractivity (Wildman–Crippen MR) is 54.0 cm³/mol. The minimum atomic E-state index is -1.09. The van der Waals surface area contributed by atoms with Crippen molar-refractivity contribution >= 4 is 17.6 Å². The van der Waals surface area contributed by atoms with Crippen LogP contribution in [0.15, 0.2) is 24.5 Å². The normalized spacial score (nSPS) is 20.9. The third kappa shape index (κ3) is 1.87. The number of carbonyl (C=O) groups excluding carboxylic acids is 1. The van der Waals surface area contributed by atoms with Gasteiger partial charge in [-0.05, 0) is 12.1 Å². The summed E-state index contributed by atoms with van der Waals surface area (Å²) in [4.78, 5) is 27.7. The van der Waals surface area contributed by atoms with Gasteiger partial charge in [0.15, 0.2) is 6.04 Å². The number of aromatic nitrogens is 1. The molecule has 0 bridgehead atoms. The van der Waals surface area contributed by atoms with Crippen molar-refractivity contribution in [1.82, 2.24) is 4.98 Å². The number of anilines is 1. The van der Waals surface area contributed by atoms with Crippen LogP contribution in [-0.4, -0.2) is 41.2 Å². The molecular weight excluding hydrogens is 212 g/mol. The van der Waals surface area contributed by atoms with Crippen LogP contribution in [0.2, 0.25) is 0 Å². The second-order valence-corrected chi connectivity index (χ2v) is 3.34. The van der Waals surface area contributed by atoms with Crippen LogP contribution in [0.4, 0.5) is 5.69 Å². The molecule has 1 aliphatic rings. The quantitative estimate of drug-likeness (QED) is 0.755. The van der Waals surface area contributed by atoms with Gasteiger partial charge in [0.2, 0.25) is 0 Å². The lowest BCUT2D eigenvalue weighted by Crippen LogP contribution is -2.53. The number of morpholine rings is 1. The fourth-order valence-electron chi connectivity index (χ4n) is 1.58. The highest BCUT2D eigenvalue weighted by atomic mass is 16.5. The van der Waals surface area contributed by atoms with Crippen molar-refractivity contribution in [3.63, 3.8) is 0 Å². The van der Waals surface area contributed by atoms with Crippen LogP contribution in [0.5, 0.6) is 0 Å². The summed E-state index contributed by atoms with van der Waals surface area (Å²) in [6, 6.07) is 2.31. The van der Waals surface area contributed by atoms with E-state index in [9.17, 15) is 9.59 Å². The molecule has 6 nitrogen and oxygen atoms in total. The molecule has 1 atom stereocenters. The average Bonchev–Trinajstić information content (AvgIpc) is 2.29. The largest absolute Gasteiger partial charge is 0.480 e. The monoisotopic (exact) mass is 222 g/mol. The Hall–Kier alpha value is -1.95. The number of carboxylic acid groups (broad SMARTS) is 1. The lowest BCUT2D eigenvalue weighted by Gasteiger charge is -2.32. The van der Waals surface area contributed by atoms with Crippen LogP contribution in [0.25, 0.3) is 0 Å². The highest BCUT2D eigenvalue weighted by Gasteiger charge is 2.35. The van der Waals surface area contributed by atoms with Crippen LogP contribution in [0.1, 0.15) is 0 Å². The van der Waals surface area contributed by atoms with Crippen molar-refractivity contribution in [2.45, 2.75) is 6.04 Å². The molecule has 1 fully saturated rings. The van der Waals surface area contributed by atoms with E-state index in [1.165, 1.54) is 11.1 Å². The fraction of sp³-hybridized carbons (Fsp3) is 0.300. The van der Waals surface area contributed by atoms with E-state index < -0.39 is 12.0 Å². The Bertz CT molecular complexity index is 407. The number of hydrogen-bond donors (Lipinski definition) is 1. The standard InChI is InChI=1S/C10H10N2O4/c13-9-6-16-5-8(10(14)15)12(9)7-2-1-3-11-4-7/h1-4,8H,5-6H2,(H,14,15). The first kappa shape index (κ1) is 10.6. The van der Waals surface area contributed by atoms with Crippen LogP contribution in [0, 0.1) is 0 Å². The number of hydrogen-bond acceptors (Lipinski definition) is 4. The second kappa shape index (κ2) is 4.28. The Labute approximate surface area is 91.5 Å². The van der Waals surface area contributed by atoms with Gasteiger partial charge in [-0.2, -0.15) is 0 Å². The minimum Gasteiger partial charge on any atom is -0.480 e. The molecule has 0 aromatic carbocycles. The topological polar surface area (TPSA) is 79.7 Å². The molecule has 0 aliphatic carbocycles. The van der Waals surface area contributed by atoms with E-state index >= 15 is 0 Å². The number of nitrogens with zero attached hydrogens (tertiary/aromatic N) is 2. The number of carbonyl (C=O) groups is 2. The van der Waals surface area contributed by atoms with Crippen molar-refractivity contribution in [3.8, 4) is 0 Å². The van der Waals surface area contributed by atoms with Crippen molar-refractivity contribution < 1.29 is 19.4 Å². The number of pyridine rings is 1. The molecule has 1 aliphatic heterocycles. The summed E-state index contributed by atoms with van der Waals surface area (Å²) in [5.41, 5.74) is 0.475. The Balaban J connectivity index is 2.34. The van der Waals surface area contributed by atoms with Gasteiger partial charge < -0.3 is 9.84 Å². The molecule has 6 heteroatoms. The SMILES string of the molecule is O=C(O)C1COCC(=O)N1c1cccnc1. The first-order valence-electron chi connectivity index (χ1n) is 4.73. The van der Waals surface area contributed by atoms with Crippen molar-refractivity contribution in [1.29, 1.82) is 0 Å². The number of aliphatic carboxylic acids is 1. The average molecular weight is 222 g/mol. The fourth-order valence-corrected chi connectivity index (χ4v) is 1.58. The summed E-state index contributed by atoms with van der Waals surface area (Å²) < 4.78 is 4.91. The smallest absolute Gasteiger partial charge is 0.329 e. The van der Waals surface area contributed by atoms with Crippen molar-refractivity contribution in [2.75, 3.05) is 18.1 Å². The molecular formula is C10H10N2O4. The first-order chi connectivity index (χ1) is 7.70. The van der Waals surface area contributed by atoms with E-state index in [-0.39, 0.29) is 19.1 Å². The summed E-state index contributed by atoms with van der Waals surface area (Å²) in [5, 5.41) is 8.99. The maximum atomic E-state index is 11.6. The number of rotatable bonds is 2. The summed E-state index contributed by atoms with van der Waals surface area (Å²) in [6.07, 6.45) is 3.02. The van der Waals surface area contributed by atoms with Gasteiger partial charge in [-0.15, -0.1) is 0 Å². The molecule has 2 rings (SSSR count). The lowest BCUT2D eigenvalue weighted by molar-refractivity contribution is -0.145. The summed E-state index contributed by atoms with van der Waals surface area (Å²) in [6.45, 7) is -0.103. The molecule has 1 aromatic heterocycles. The Morgan fingerprint density at radius 2 is 2.44 bits per heavy atom.